The molecule has 0 bridgehead atoms. The van der Waals surface area contributed by atoms with E-state index in [0.29, 0.717) is 17.3 Å². The summed E-state index contributed by atoms with van der Waals surface area (Å²) in [6, 6.07) is 0. The summed E-state index contributed by atoms with van der Waals surface area (Å²) in [5.74, 6) is 1.83. The van der Waals surface area contributed by atoms with Gasteiger partial charge in [-0.3, -0.25) is 0 Å². The molecule has 2 N–H and O–H groups in total. The van der Waals surface area contributed by atoms with Crippen LogP contribution in [0, 0.1) is 5.41 Å². The number of nitrogens with one attached hydrogen (secondary N) is 2. The van der Waals surface area contributed by atoms with Crippen LogP contribution >= 0.6 is 0 Å². The molecule has 0 aromatic carbocycles. The number of aromatic nitrogens is 2. The average molecular weight is 178 g/mol. The molecule has 70 valence electrons. The fourth-order valence-electron chi connectivity index (χ4n) is 0.989. The highest BCUT2D eigenvalue weighted by Crippen LogP contribution is 2.13. The molecule has 0 aliphatic rings. The molecule has 4 nitrogen and oxygen atoms in total. The van der Waals surface area contributed by atoms with Crippen LogP contribution in [0.1, 0.15) is 31.2 Å². The van der Waals surface area contributed by atoms with Gasteiger partial charge in [0.05, 0.1) is 5.56 Å². The van der Waals surface area contributed by atoms with Crippen molar-refractivity contribution in [3.63, 3.8) is 0 Å². The van der Waals surface area contributed by atoms with Gasteiger partial charge in [-0.2, -0.15) is 0 Å². The van der Waals surface area contributed by atoms with Gasteiger partial charge in [0.2, 0.25) is 0 Å². The summed E-state index contributed by atoms with van der Waals surface area (Å²) in [6.07, 6.45) is 2.91. The average Bonchev–Trinajstić information content (AvgIpc) is 2.16. The molecule has 4 heteroatoms. The first-order valence-electron chi connectivity index (χ1n) is 4.24. The molecule has 0 spiro atoms. The van der Waals surface area contributed by atoms with Crippen molar-refractivity contribution in [3.05, 3.63) is 17.6 Å². The zero-order valence-corrected chi connectivity index (χ0v) is 8.13. The van der Waals surface area contributed by atoms with Gasteiger partial charge in [0, 0.05) is 25.4 Å². The zero-order chi connectivity index (χ0) is 9.84. The van der Waals surface area contributed by atoms with Crippen molar-refractivity contribution < 1.29 is 0 Å². The van der Waals surface area contributed by atoms with E-state index in [1.165, 1.54) is 6.21 Å². The van der Waals surface area contributed by atoms with Crippen molar-refractivity contribution in [3.8, 4) is 0 Å². The minimum atomic E-state index is 0.312. The molecule has 0 aliphatic carbocycles. The molecule has 0 atom stereocenters. The second kappa shape index (κ2) is 3.98. The van der Waals surface area contributed by atoms with E-state index in [1.54, 1.807) is 13.2 Å². The van der Waals surface area contributed by atoms with E-state index in [9.17, 15) is 0 Å². The molecule has 1 aromatic rings. The summed E-state index contributed by atoms with van der Waals surface area (Å²) in [5, 5.41) is 10.1. The second-order valence-corrected chi connectivity index (χ2v) is 3.08. The van der Waals surface area contributed by atoms with E-state index in [4.69, 9.17) is 5.41 Å². The van der Waals surface area contributed by atoms with Crippen LogP contribution in [-0.2, 0) is 0 Å². The Morgan fingerprint density at radius 1 is 1.54 bits per heavy atom. The van der Waals surface area contributed by atoms with Gasteiger partial charge in [-0.15, -0.1) is 0 Å². The van der Waals surface area contributed by atoms with Crippen LogP contribution in [0.2, 0.25) is 0 Å². The molecular weight excluding hydrogens is 164 g/mol. The van der Waals surface area contributed by atoms with E-state index in [0.717, 1.165) is 5.82 Å². The molecule has 0 aliphatic heterocycles. The van der Waals surface area contributed by atoms with Gasteiger partial charge in [0.1, 0.15) is 11.6 Å². The van der Waals surface area contributed by atoms with Crippen LogP contribution in [0.5, 0.6) is 0 Å². The lowest BCUT2D eigenvalue weighted by Crippen LogP contribution is -2.04. The lowest BCUT2D eigenvalue weighted by molar-refractivity contribution is 0.775. The maximum atomic E-state index is 7.12. The Hall–Kier alpha value is -1.45. The zero-order valence-electron chi connectivity index (χ0n) is 8.13. The van der Waals surface area contributed by atoms with Crippen molar-refractivity contribution in [1.29, 1.82) is 5.41 Å². The van der Waals surface area contributed by atoms with Gasteiger partial charge in [-0.1, -0.05) is 13.8 Å². The van der Waals surface area contributed by atoms with Crippen LogP contribution in [-0.4, -0.2) is 23.2 Å². The molecule has 1 aromatic heterocycles. The lowest BCUT2D eigenvalue weighted by atomic mass is 10.2. The van der Waals surface area contributed by atoms with Crippen LogP contribution in [0.3, 0.4) is 0 Å². The summed E-state index contributed by atoms with van der Waals surface area (Å²) in [5.41, 5.74) is 0.715. The van der Waals surface area contributed by atoms with E-state index in [2.05, 4.69) is 15.3 Å². The normalized spacial score (nSPS) is 10.2. The number of hydrogen-bond acceptors (Lipinski definition) is 4. The summed E-state index contributed by atoms with van der Waals surface area (Å²) < 4.78 is 0. The number of rotatable bonds is 3. The van der Waals surface area contributed by atoms with Gasteiger partial charge < -0.3 is 10.7 Å². The van der Waals surface area contributed by atoms with E-state index < -0.39 is 0 Å². The molecule has 1 rings (SSSR count). The molecule has 0 unspecified atom stereocenters. The summed E-state index contributed by atoms with van der Waals surface area (Å²) >= 11 is 0. The van der Waals surface area contributed by atoms with Gasteiger partial charge in [0.25, 0.3) is 0 Å². The van der Waals surface area contributed by atoms with Crippen LogP contribution in [0.15, 0.2) is 6.20 Å². The molecule has 0 saturated heterocycles. The SMILES string of the molecule is CNc1nc(C(C)C)ncc1C=N. The number of nitrogens with zero attached hydrogens (tertiary/aromatic N) is 2. The molecule has 0 fully saturated rings. The smallest absolute Gasteiger partial charge is 0.138 e. The summed E-state index contributed by atoms with van der Waals surface area (Å²) in [7, 11) is 1.79. The molecule has 13 heavy (non-hydrogen) atoms. The Balaban J connectivity index is 3.12. The number of anilines is 1. The largest absolute Gasteiger partial charge is 0.372 e. The summed E-state index contributed by atoms with van der Waals surface area (Å²) in [6.45, 7) is 4.08. The van der Waals surface area contributed by atoms with Crippen LogP contribution < -0.4 is 5.32 Å². The third-order valence-electron chi connectivity index (χ3n) is 1.74. The quantitative estimate of drug-likeness (QED) is 0.692. The first-order valence-corrected chi connectivity index (χ1v) is 4.24. The Bertz CT molecular complexity index is 306. The lowest BCUT2D eigenvalue weighted by Gasteiger charge is -2.07. The third-order valence-corrected chi connectivity index (χ3v) is 1.74. The van der Waals surface area contributed by atoms with Gasteiger partial charge in [-0.25, -0.2) is 9.97 Å². The summed E-state index contributed by atoms with van der Waals surface area (Å²) in [4.78, 5) is 8.44. The van der Waals surface area contributed by atoms with Crippen molar-refractivity contribution in [1.82, 2.24) is 9.97 Å². The Kier molecular flexibility index (Phi) is 2.95. The highest BCUT2D eigenvalue weighted by Gasteiger charge is 2.06. The standard InChI is InChI=1S/C9H14N4/c1-6(2)8-12-5-7(4-10)9(11-3)13-8/h4-6,10H,1-3H3,(H,11,12,13). The predicted octanol–water partition coefficient (Wildman–Crippen LogP) is 1.64. The highest BCUT2D eigenvalue weighted by molar-refractivity contribution is 5.83. The van der Waals surface area contributed by atoms with Gasteiger partial charge in [-0.05, 0) is 0 Å². The Morgan fingerprint density at radius 2 is 2.23 bits per heavy atom. The fourth-order valence-corrected chi connectivity index (χ4v) is 0.989. The van der Waals surface area contributed by atoms with E-state index >= 15 is 0 Å². The molecule has 0 amide bonds. The maximum Gasteiger partial charge on any atom is 0.138 e. The first kappa shape index (κ1) is 9.64. The third kappa shape index (κ3) is 2.02. The first-order chi connectivity index (χ1) is 6.19. The van der Waals surface area contributed by atoms with Crippen molar-refractivity contribution >= 4 is 12.0 Å². The highest BCUT2D eigenvalue weighted by atomic mass is 15.0. The predicted molar refractivity (Wildman–Crippen MR) is 53.6 cm³/mol. The van der Waals surface area contributed by atoms with Crippen molar-refractivity contribution in [2.24, 2.45) is 0 Å². The van der Waals surface area contributed by atoms with Crippen molar-refractivity contribution in [2.45, 2.75) is 19.8 Å². The Morgan fingerprint density at radius 3 is 2.69 bits per heavy atom. The number of hydrogen-bond donors (Lipinski definition) is 2. The van der Waals surface area contributed by atoms with Crippen LogP contribution in [0.4, 0.5) is 5.82 Å². The van der Waals surface area contributed by atoms with Crippen LogP contribution in [0.25, 0.3) is 0 Å². The van der Waals surface area contributed by atoms with Gasteiger partial charge in [0.15, 0.2) is 0 Å². The monoisotopic (exact) mass is 178 g/mol. The van der Waals surface area contributed by atoms with Crippen molar-refractivity contribution in [2.75, 3.05) is 12.4 Å². The molecular formula is C9H14N4. The van der Waals surface area contributed by atoms with E-state index in [1.807, 2.05) is 13.8 Å². The maximum absolute atomic E-state index is 7.12. The molecule has 0 saturated carbocycles. The topological polar surface area (TPSA) is 61.7 Å². The second-order valence-electron chi connectivity index (χ2n) is 3.08. The van der Waals surface area contributed by atoms with Gasteiger partial charge >= 0.3 is 0 Å². The Labute approximate surface area is 77.9 Å². The molecule has 0 radical (unpaired) electrons. The van der Waals surface area contributed by atoms with E-state index in [-0.39, 0.29) is 0 Å². The minimum Gasteiger partial charge on any atom is -0.372 e. The minimum absolute atomic E-state index is 0.312. The molecule has 1 heterocycles. The fraction of sp³-hybridized carbons (Fsp3) is 0.444.